The number of benzene rings is 2. The Morgan fingerprint density at radius 3 is 2.36 bits per heavy atom. The van der Waals surface area contributed by atoms with Gasteiger partial charge >= 0.3 is 0 Å². The van der Waals surface area contributed by atoms with Gasteiger partial charge in [-0.2, -0.15) is 0 Å². The first-order valence-corrected chi connectivity index (χ1v) is 9.88. The Morgan fingerprint density at radius 2 is 1.68 bits per heavy atom. The first-order valence-electron chi connectivity index (χ1n) is 7.69. The zero-order valence-electron chi connectivity index (χ0n) is 13.2. The van der Waals surface area contributed by atoms with Crippen LogP contribution >= 0.6 is 23.2 Å². The summed E-state index contributed by atoms with van der Waals surface area (Å²) in [5.41, 5.74) is 2.18. The second-order valence-corrected chi connectivity index (χ2v) is 8.66. The minimum Gasteiger partial charge on any atom is -0.292 e. The molecule has 1 aliphatic carbocycles. The molecule has 0 spiro atoms. The number of Topliss-reactive ketones (excluding diaryl/α,β-unsaturated/α-hetero) is 1. The van der Waals surface area contributed by atoms with Crippen LogP contribution in [0, 0.1) is 6.92 Å². The number of aryl methyl sites for hydroxylation is 2. The van der Waals surface area contributed by atoms with Gasteiger partial charge in [0.1, 0.15) is 5.69 Å². The van der Waals surface area contributed by atoms with Crippen molar-refractivity contribution in [1.82, 2.24) is 3.97 Å². The standard InChI is InChI=1S/C18H13Cl2NO3S/c1-10-2-4-11(5-3-10)25(23,24)21-14-8-7-13(19)17(20)16(14)12-6-9-15(22)18(12)21/h2-5,7-8H,6,9H2,1H3. The van der Waals surface area contributed by atoms with E-state index in [-0.39, 0.29) is 27.8 Å². The van der Waals surface area contributed by atoms with Crippen molar-refractivity contribution in [3.63, 3.8) is 0 Å². The molecule has 7 heteroatoms. The minimum absolute atomic E-state index is 0.128. The van der Waals surface area contributed by atoms with Crippen molar-refractivity contribution < 1.29 is 13.2 Å². The van der Waals surface area contributed by atoms with E-state index in [1.165, 1.54) is 0 Å². The highest BCUT2D eigenvalue weighted by molar-refractivity contribution is 7.90. The highest BCUT2D eigenvalue weighted by atomic mass is 35.5. The van der Waals surface area contributed by atoms with Gasteiger partial charge in [0.2, 0.25) is 0 Å². The highest BCUT2D eigenvalue weighted by Gasteiger charge is 2.35. The van der Waals surface area contributed by atoms with E-state index >= 15 is 0 Å². The Morgan fingerprint density at radius 1 is 1.00 bits per heavy atom. The molecule has 4 nitrogen and oxygen atoms in total. The Hall–Kier alpha value is -1.82. The van der Waals surface area contributed by atoms with Gasteiger partial charge in [-0.1, -0.05) is 40.9 Å². The molecular weight excluding hydrogens is 381 g/mol. The predicted molar refractivity (Wildman–Crippen MR) is 98.4 cm³/mol. The SMILES string of the molecule is Cc1ccc(S(=O)(=O)n2c3c(c4c(Cl)c(Cl)ccc42)CCC3=O)cc1. The molecule has 1 heterocycles. The fraction of sp³-hybridized carbons (Fsp3) is 0.167. The molecule has 1 aliphatic rings. The molecule has 0 unspecified atom stereocenters. The first-order chi connectivity index (χ1) is 11.8. The number of hydrogen-bond donors (Lipinski definition) is 0. The molecule has 3 aromatic rings. The summed E-state index contributed by atoms with van der Waals surface area (Å²) in [6.45, 7) is 1.88. The molecule has 0 fully saturated rings. The van der Waals surface area contributed by atoms with Crippen molar-refractivity contribution in [2.45, 2.75) is 24.7 Å². The number of hydrogen-bond acceptors (Lipinski definition) is 3. The van der Waals surface area contributed by atoms with Crippen LogP contribution in [-0.2, 0) is 16.4 Å². The molecule has 0 radical (unpaired) electrons. The van der Waals surface area contributed by atoms with E-state index in [4.69, 9.17) is 23.2 Å². The fourth-order valence-corrected chi connectivity index (χ4v) is 5.29. The van der Waals surface area contributed by atoms with Gasteiger partial charge in [-0.25, -0.2) is 12.4 Å². The molecule has 128 valence electrons. The second kappa shape index (κ2) is 5.59. The summed E-state index contributed by atoms with van der Waals surface area (Å²) >= 11 is 12.4. The van der Waals surface area contributed by atoms with Gasteiger partial charge in [0.25, 0.3) is 10.0 Å². The fourth-order valence-electron chi connectivity index (χ4n) is 3.31. The molecule has 0 saturated heterocycles. The van der Waals surface area contributed by atoms with Gasteiger partial charge in [0.05, 0.1) is 20.5 Å². The number of aromatic nitrogens is 1. The summed E-state index contributed by atoms with van der Waals surface area (Å²) in [5.74, 6) is -0.200. The average Bonchev–Trinajstić information content (AvgIpc) is 3.10. The lowest BCUT2D eigenvalue weighted by Gasteiger charge is -2.11. The van der Waals surface area contributed by atoms with Crippen molar-refractivity contribution in [2.24, 2.45) is 0 Å². The van der Waals surface area contributed by atoms with Crippen LogP contribution < -0.4 is 0 Å². The van der Waals surface area contributed by atoms with E-state index in [0.717, 1.165) is 9.54 Å². The van der Waals surface area contributed by atoms with Crippen LogP contribution in [0.5, 0.6) is 0 Å². The number of carbonyl (C=O) groups excluding carboxylic acids is 1. The van der Waals surface area contributed by atoms with Crippen LogP contribution in [0.3, 0.4) is 0 Å². The van der Waals surface area contributed by atoms with Crippen LogP contribution in [0.25, 0.3) is 10.9 Å². The van der Waals surface area contributed by atoms with Crippen LogP contribution in [0.1, 0.15) is 28.0 Å². The number of fused-ring (bicyclic) bond motifs is 3. The van der Waals surface area contributed by atoms with Crippen molar-refractivity contribution in [1.29, 1.82) is 0 Å². The summed E-state index contributed by atoms with van der Waals surface area (Å²) in [6.07, 6.45) is 0.730. The van der Waals surface area contributed by atoms with Crippen LogP contribution in [0.2, 0.25) is 10.0 Å². The molecule has 0 bridgehead atoms. The van der Waals surface area contributed by atoms with E-state index in [9.17, 15) is 13.2 Å². The van der Waals surface area contributed by atoms with Crippen LogP contribution in [-0.4, -0.2) is 18.2 Å². The summed E-state index contributed by atoms with van der Waals surface area (Å²) in [6, 6.07) is 9.68. The van der Waals surface area contributed by atoms with Gasteiger partial charge in [-0.05, 0) is 43.2 Å². The van der Waals surface area contributed by atoms with Crippen LogP contribution in [0.4, 0.5) is 0 Å². The molecule has 0 amide bonds. The Labute approximate surface area is 155 Å². The zero-order chi connectivity index (χ0) is 17.9. The van der Waals surface area contributed by atoms with Gasteiger partial charge in [-0.15, -0.1) is 0 Å². The molecule has 0 aliphatic heterocycles. The van der Waals surface area contributed by atoms with Crippen molar-refractivity contribution in [3.05, 3.63) is 63.3 Å². The van der Waals surface area contributed by atoms with E-state index in [2.05, 4.69) is 0 Å². The summed E-state index contributed by atoms with van der Waals surface area (Å²) in [5, 5.41) is 1.16. The summed E-state index contributed by atoms with van der Waals surface area (Å²) < 4.78 is 27.6. The summed E-state index contributed by atoms with van der Waals surface area (Å²) in [7, 11) is -3.93. The smallest absolute Gasteiger partial charge is 0.268 e. The van der Waals surface area contributed by atoms with Gasteiger partial charge < -0.3 is 0 Å². The zero-order valence-corrected chi connectivity index (χ0v) is 15.5. The van der Waals surface area contributed by atoms with Gasteiger partial charge in [-0.3, -0.25) is 4.79 Å². The third-order valence-corrected chi connectivity index (χ3v) is 7.04. The lowest BCUT2D eigenvalue weighted by Crippen LogP contribution is -2.17. The molecule has 2 aromatic carbocycles. The molecular formula is C18H13Cl2NO3S. The van der Waals surface area contributed by atoms with Crippen molar-refractivity contribution >= 4 is 49.9 Å². The van der Waals surface area contributed by atoms with Gasteiger partial charge in [0.15, 0.2) is 5.78 Å². The lowest BCUT2D eigenvalue weighted by molar-refractivity contribution is 0.0989. The van der Waals surface area contributed by atoms with Crippen molar-refractivity contribution in [2.75, 3.05) is 0 Å². The predicted octanol–water partition coefficient (Wildman–Crippen LogP) is 4.62. The maximum atomic E-state index is 13.3. The Bertz CT molecular complexity index is 1150. The largest absolute Gasteiger partial charge is 0.292 e. The number of nitrogens with zero attached hydrogens (tertiary/aromatic N) is 1. The number of ketones is 1. The molecule has 4 rings (SSSR count). The number of carbonyl (C=O) groups is 1. The quantitative estimate of drug-likeness (QED) is 0.637. The monoisotopic (exact) mass is 393 g/mol. The van der Waals surface area contributed by atoms with E-state index < -0.39 is 10.0 Å². The summed E-state index contributed by atoms with van der Waals surface area (Å²) in [4.78, 5) is 12.6. The first kappa shape index (κ1) is 16.6. The Balaban J connectivity index is 2.12. The normalized spacial score (nSPS) is 14.3. The molecule has 25 heavy (non-hydrogen) atoms. The molecule has 1 aromatic heterocycles. The number of halogens is 2. The molecule has 0 saturated carbocycles. The highest BCUT2D eigenvalue weighted by Crippen LogP contribution is 2.41. The van der Waals surface area contributed by atoms with E-state index in [1.807, 2.05) is 6.92 Å². The van der Waals surface area contributed by atoms with Gasteiger partial charge in [0, 0.05) is 11.8 Å². The Kier molecular flexibility index (Phi) is 3.72. The molecule has 0 N–H and O–H groups in total. The van der Waals surface area contributed by atoms with Crippen molar-refractivity contribution in [3.8, 4) is 0 Å². The topological polar surface area (TPSA) is 56.1 Å². The maximum absolute atomic E-state index is 13.3. The van der Waals surface area contributed by atoms with E-state index in [0.29, 0.717) is 27.9 Å². The third-order valence-electron chi connectivity index (χ3n) is 4.51. The number of rotatable bonds is 2. The third kappa shape index (κ3) is 2.34. The lowest BCUT2D eigenvalue weighted by atomic mass is 10.1. The average molecular weight is 394 g/mol. The molecule has 0 atom stereocenters. The second-order valence-electron chi connectivity index (χ2n) is 6.09. The maximum Gasteiger partial charge on any atom is 0.268 e. The minimum atomic E-state index is -3.93. The van der Waals surface area contributed by atoms with E-state index in [1.54, 1.807) is 36.4 Å². The van der Waals surface area contributed by atoms with Crippen LogP contribution in [0.15, 0.2) is 41.3 Å².